The standard InChI is InChI=1S/C18H20N2O4/c1-19(2)12-5-3-11(4-6-12)9-20-10-18-8-7-13(24-18)14(17(22)23)15(18)16(20)21/h3-8,13-15H,9-10H2,1-2H3,(H,22,23)/p-1/t13-,14-,15+,18+/m0/s1. The summed E-state index contributed by atoms with van der Waals surface area (Å²) in [6.07, 6.45) is 3.07. The van der Waals surface area contributed by atoms with Crippen LogP contribution in [0.15, 0.2) is 36.4 Å². The third-order valence-corrected chi connectivity index (χ3v) is 5.28. The number of hydrogen-bond donors (Lipinski definition) is 0. The number of carboxylic acid groups (broad SMARTS) is 1. The number of amides is 1. The third kappa shape index (κ3) is 2.06. The highest BCUT2D eigenvalue weighted by Crippen LogP contribution is 2.51. The number of benzene rings is 1. The van der Waals surface area contributed by atoms with E-state index in [0.717, 1.165) is 11.3 Å². The zero-order valence-corrected chi connectivity index (χ0v) is 13.6. The van der Waals surface area contributed by atoms with E-state index in [9.17, 15) is 14.7 Å². The zero-order chi connectivity index (χ0) is 17.1. The van der Waals surface area contributed by atoms with Gasteiger partial charge in [0.1, 0.15) is 5.60 Å². The fourth-order valence-electron chi connectivity index (χ4n) is 4.10. The average molecular weight is 327 g/mol. The molecule has 3 heterocycles. The summed E-state index contributed by atoms with van der Waals surface area (Å²) in [5.74, 6) is -2.92. The molecule has 1 aromatic carbocycles. The molecule has 0 radical (unpaired) electrons. The van der Waals surface area contributed by atoms with Crippen molar-refractivity contribution in [3.05, 3.63) is 42.0 Å². The lowest BCUT2D eigenvalue weighted by atomic mass is 9.77. The number of nitrogens with zero attached hydrogens (tertiary/aromatic N) is 2. The Bertz CT molecular complexity index is 727. The van der Waals surface area contributed by atoms with Crippen LogP contribution in [0.4, 0.5) is 5.69 Å². The highest BCUT2D eigenvalue weighted by molar-refractivity contribution is 5.90. The number of hydrogen-bond acceptors (Lipinski definition) is 5. The van der Waals surface area contributed by atoms with Gasteiger partial charge in [0.15, 0.2) is 0 Å². The van der Waals surface area contributed by atoms with Crippen molar-refractivity contribution in [3.63, 3.8) is 0 Å². The minimum absolute atomic E-state index is 0.160. The van der Waals surface area contributed by atoms with Gasteiger partial charge in [0.05, 0.1) is 18.6 Å². The largest absolute Gasteiger partial charge is 0.550 e. The molecule has 2 bridgehead atoms. The van der Waals surface area contributed by atoms with Crippen LogP contribution in [-0.2, 0) is 20.9 Å². The van der Waals surface area contributed by atoms with Crippen molar-refractivity contribution in [1.82, 2.24) is 4.90 Å². The predicted octanol–water partition coefficient (Wildman–Crippen LogP) is -0.215. The van der Waals surface area contributed by atoms with E-state index >= 15 is 0 Å². The lowest BCUT2D eigenvalue weighted by molar-refractivity contribution is -0.313. The van der Waals surface area contributed by atoms with Gasteiger partial charge in [0.25, 0.3) is 0 Å². The maximum absolute atomic E-state index is 12.8. The molecule has 0 unspecified atom stereocenters. The van der Waals surface area contributed by atoms with Gasteiger partial charge in [-0.05, 0) is 17.7 Å². The van der Waals surface area contributed by atoms with Crippen molar-refractivity contribution in [2.75, 3.05) is 25.5 Å². The summed E-state index contributed by atoms with van der Waals surface area (Å²) < 4.78 is 5.85. The topological polar surface area (TPSA) is 72.9 Å². The van der Waals surface area contributed by atoms with Gasteiger partial charge in [-0.3, -0.25) is 4.79 Å². The van der Waals surface area contributed by atoms with Gasteiger partial charge in [-0.1, -0.05) is 24.3 Å². The fraction of sp³-hybridized carbons (Fsp3) is 0.444. The minimum atomic E-state index is -1.21. The number of rotatable bonds is 4. The van der Waals surface area contributed by atoms with Gasteiger partial charge in [-0.15, -0.1) is 0 Å². The second-order valence-electron chi connectivity index (χ2n) is 6.97. The van der Waals surface area contributed by atoms with E-state index in [-0.39, 0.29) is 5.91 Å². The SMILES string of the molecule is CN(C)c1ccc(CN2C[C@@]34C=C[C@H](O3)[C@H](C(=O)[O-])[C@@H]4C2=O)cc1. The van der Waals surface area contributed by atoms with Crippen LogP contribution in [0.1, 0.15) is 5.56 Å². The summed E-state index contributed by atoms with van der Waals surface area (Å²) in [6.45, 7) is 0.842. The molecule has 1 amide bonds. The first-order chi connectivity index (χ1) is 11.4. The van der Waals surface area contributed by atoms with E-state index in [2.05, 4.69) is 0 Å². The Labute approximate surface area is 140 Å². The molecule has 3 aliphatic rings. The number of carbonyl (C=O) groups is 2. The summed E-state index contributed by atoms with van der Waals surface area (Å²) in [5.41, 5.74) is 1.30. The van der Waals surface area contributed by atoms with Crippen LogP contribution in [0.3, 0.4) is 0 Å². The van der Waals surface area contributed by atoms with E-state index in [0.29, 0.717) is 13.1 Å². The molecular weight excluding hydrogens is 308 g/mol. The number of likely N-dealkylation sites (tertiary alicyclic amines) is 1. The molecule has 0 N–H and O–H groups in total. The van der Waals surface area contributed by atoms with Crippen LogP contribution in [0.5, 0.6) is 0 Å². The lowest BCUT2D eigenvalue weighted by Gasteiger charge is -2.24. The summed E-state index contributed by atoms with van der Waals surface area (Å²) in [6, 6.07) is 7.97. The maximum atomic E-state index is 12.8. The van der Waals surface area contributed by atoms with E-state index in [1.54, 1.807) is 11.0 Å². The number of fused-ring (bicyclic) bond motifs is 1. The molecule has 126 valence electrons. The molecule has 6 nitrogen and oxygen atoms in total. The number of aliphatic carboxylic acids is 1. The normalized spacial score (nSPS) is 33.2. The summed E-state index contributed by atoms with van der Waals surface area (Å²) in [4.78, 5) is 27.9. The second-order valence-corrected chi connectivity index (χ2v) is 6.97. The van der Waals surface area contributed by atoms with Gasteiger partial charge < -0.3 is 24.4 Å². The van der Waals surface area contributed by atoms with Crippen LogP contribution in [0.2, 0.25) is 0 Å². The van der Waals surface area contributed by atoms with E-state index in [1.807, 2.05) is 49.3 Å². The van der Waals surface area contributed by atoms with Crippen molar-refractivity contribution in [3.8, 4) is 0 Å². The van der Waals surface area contributed by atoms with E-state index in [1.165, 1.54) is 0 Å². The fourth-order valence-corrected chi connectivity index (χ4v) is 4.10. The van der Waals surface area contributed by atoms with Gasteiger partial charge in [0, 0.05) is 38.2 Å². The van der Waals surface area contributed by atoms with Crippen LogP contribution < -0.4 is 10.0 Å². The lowest BCUT2D eigenvalue weighted by Crippen LogP contribution is -2.45. The average Bonchev–Trinajstić information content (AvgIpc) is 3.16. The molecule has 2 saturated heterocycles. The maximum Gasteiger partial charge on any atom is 0.230 e. The first-order valence-electron chi connectivity index (χ1n) is 8.04. The molecule has 0 aliphatic carbocycles. The van der Waals surface area contributed by atoms with Crippen molar-refractivity contribution in [1.29, 1.82) is 0 Å². The Kier molecular flexibility index (Phi) is 3.22. The number of carboxylic acids is 1. The van der Waals surface area contributed by atoms with Gasteiger partial charge >= 0.3 is 0 Å². The van der Waals surface area contributed by atoms with Gasteiger partial charge in [-0.25, -0.2) is 0 Å². The van der Waals surface area contributed by atoms with Crippen LogP contribution >= 0.6 is 0 Å². The van der Waals surface area contributed by atoms with Gasteiger partial charge in [-0.2, -0.15) is 0 Å². The van der Waals surface area contributed by atoms with E-state index < -0.39 is 29.5 Å². The second kappa shape index (κ2) is 5.08. The highest BCUT2D eigenvalue weighted by atomic mass is 16.5. The Morgan fingerprint density at radius 1 is 1.38 bits per heavy atom. The Balaban J connectivity index is 1.55. The molecular formula is C18H19N2O4-. The van der Waals surface area contributed by atoms with Crippen molar-refractivity contribution in [2.24, 2.45) is 11.8 Å². The molecule has 0 saturated carbocycles. The Morgan fingerprint density at radius 2 is 2.08 bits per heavy atom. The Morgan fingerprint density at radius 3 is 2.71 bits per heavy atom. The molecule has 4 rings (SSSR count). The van der Waals surface area contributed by atoms with Crippen molar-refractivity contribution < 1.29 is 19.4 Å². The highest BCUT2D eigenvalue weighted by Gasteiger charge is 2.65. The molecule has 6 heteroatoms. The molecule has 0 aromatic heterocycles. The predicted molar refractivity (Wildman–Crippen MR) is 84.9 cm³/mol. The molecule has 1 aromatic rings. The summed E-state index contributed by atoms with van der Waals surface area (Å²) >= 11 is 0. The summed E-state index contributed by atoms with van der Waals surface area (Å²) in [7, 11) is 3.94. The monoisotopic (exact) mass is 327 g/mol. The Hall–Kier alpha value is -2.34. The smallest absolute Gasteiger partial charge is 0.230 e. The molecule has 3 aliphatic heterocycles. The molecule has 2 fully saturated rings. The van der Waals surface area contributed by atoms with Gasteiger partial charge in [0.2, 0.25) is 5.91 Å². The molecule has 1 spiro atoms. The third-order valence-electron chi connectivity index (χ3n) is 5.28. The first kappa shape index (κ1) is 15.2. The summed E-state index contributed by atoms with van der Waals surface area (Å²) in [5, 5.41) is 11.4. The van der Waals surface area contributed by atoms with Crippen molar-refractivity contribution >= 4 is 17.6 Å². The van der Waals surface area contributed by atoms with E-state index in [4.69, 9.17) is 4.74 Å². The zero-order valence-electron chi connectivity index (χ0n) is 13.6. The van der Waals surface area contributed by atoms with Crippen LogP contribution in [0, 0.1) is 11.8 Å². The molecule has 24 heavy (non-hydrogen) atoms. The molecule has 4 atom stereocenters. The quantitative estimate of drug-likeness (QED) is 0.715. The van der Waals surface area contributed by atoms with Crippen LogP contribution in [-0.4, -0.2) is 49.1 Å². The number of carbonyl (C=O) groups excluding carboxylic acids is 2. The van der Waals surface area contributed by atoms with Crippen LogP contribution in [0.25, 0.3) is 0 Å². The van der Waals surface area contributed by atoms with Crippen molar-refractivity contribution in [2.45, 2.75) is 18.2 Å². The first-order valence-corrected chi connectivity index (χ1v) is 8.04. The number of anilines is 1. The minimum Gasteiger partial charge on any atom is -0.550 e. The number of ether oxygens (including phenoxy) is 1.